The lowest BCUT2D eigenvalue weighted by atomic mass is 9.80. The zero-order chi connectivity index (χ0) is 13.1. The van der Waals surface area contributed by atoms with Crippen LogP contribution in [-0.4, -0.2) is 36.0 Å². The topological polar surface area (TPSA) is 21.7 Å². The monoisotopic (exact) mass is 243 g/mol. The minimum absolute atomic E-state index is 0.0351. The van der Waals surface area contributed by atoms with Crippen LogP contribution in [0, 0.1) is 0 Å². The molecule has 0 unspecified atom stereocenters. The highest BCUT2D eigenvalue weighted by molar-refractivity contribution is 4.97. The van der Waals surface area contributed by atoms with Crippen molar-refractivity contribution >= 4 is 0 Å². The van der Waals surface area contributed by atoms with Gasteiger partial charge in [-0.15, -0.1) is 0 Å². The Bertz CT molecular complexity index is 220. The largest absolute Gasteiger partial charge is 0.378 e. The molecule has 0 radical (unpaired) electrons. The van der Waals surface area contributed by atoms with Gasteiger partial charge in [0, 0.05) is 17.7 Å². The molecule has 3 nitrogen and oxygen atoms in total. The van der Waals surface area contributed by atoms with E-state index in [9.17, 15) is 0 Å². The molecule has 0 aromatic rings. The molecule has 0 bridgehead atoms. The molecule has 1 fully saturated rings. The van der Waals surface area contributed by atoms with Gasteiger partial charge in [0.1, 0.15) is 0 Å². The van der Waals surface area contributed by atoms with Crippen molar-refractivity contribution in [3.8, 4) is 0 Å². The van der Waals surface area contributed by atoms with E-state index >= 15 is 0 Å². The Kier molecular flexibility index (Phi) is 4.99. The van der Waals surface area contributed by atoms with Crippen molar-refractivity contribution in [2.24, 2.45) is 0 Å². The summed E-state index contributed by atoms with van der Waals surface area (Å²) in [6, 6.07) is 0. The van der Waals surface area contributed by atoms with Crippen molar-refractivity contribution in [1.29, 1.82) is 0 Å². The van der Waals surface area contributed by atoms with E-state index in [-0.39, 0.29) is 11.1 Å². The summed E-state index contributed by atoms with van der Waals surface area (Å²) in [5, 5.41) is 2.12. The summed E-state index contributed by atoms with van der Waals surface area (Å²) < 4.78 is 6.01. The number of ether oxygens (including phenoxy) is 1. The molecule has 1 heterocycles. The van der Waals surface area contributed by atoms with E-state index in [4.69, 9.17) is 9.57 Å². The number of hydrogen-bond donors (Lipinski definition) is 0. The molecule has 0 amide bonds. The van der Waals surface area contributed by atoms with Gasteiger partial charge in [0.2, 0.25) is 0 Å². The molecular formula is C14H29NO2. The lowest BCUT2D eigenvalue weighted by molar-refractivity contribution is -0.280. The summed E-state index contributed by atoms with van der Waals surface area (Å²) in [5.41, 5.74) is 0.0702. The average molecular weight is 243 g/mol. The third-order valence-corrected chi connectivity index (χ3v) is 3.59. The highest BCUT2D eigenvalue weighted by Crippen LogP contribution is 2.39. The van der Waals surface area contributed by atoms with E-state index in [1.807, 2.05) is 0 Å². The normalized spacial score (nSPS) is 25.1. The first-order chi connectivity index (χ1) is 7.83. The third kappa shape index (κ3) is 3.67. The molecule has 0 atom stereocenters. The number of hydroxylamine groups is 2. The smallest absolute Gasteiger partial charge is 0.0611 e. The molecule has 0 aromatic heterocycles. The Morgan fingerprint density at radius 1 is 1.12 bits per heavy atom. The molecular weight excluding hydrogens is 214 g/mol. The van der Waals surface area contributed by atoms with E-state index in [0.29, 0.717) is 6.10 Å². The minimum Gasteiger partial charge on any atom is -0.378 e. The van der Waals surface area contributed by atoms with Gasteiger partial charge >= 0.3 is 0 Å². The van der Waals surface area contributed by atoms with Crippen LogP contribution in [0.25, 0.3) is 0 Å². The Morgan fingerprint density at radius 2 is 1.65 bits per heavy atom. The van der Waals surface area contributed by atoms with E-state index < -0.39 is 0 Å². The molecule has 102 valence electrons. The number of nitrogens with zero attached hydrogens (tertiary/aromatic N) is 1. The summed E-state index contributed by atoms with van der Waals surface area (Å²) in [7, 11) is 1.77. The van der Waals surface area contributed by atoms with Crippen LogP contribution in [0.15, 0.2) is 0 Å². The van der Waals surface area contributed by atoms with E-state index in [2.05, 4.69) is 39.7 Å². The average Bonchev–Trinajstić information content (AvgIpc) is 2.14. The molecule has 0 saturated carbocycles. The maximum absolute atomic E-state index is 6.01. The predicted octanol–water partition coefficient (Wildman–Crippen LogP) is 3.39. The first-order valence-electron chi connectivity index (χ1n) is 6.79. The van der Waals surface area contributed by atoms with Crippen LogP contribution in [0.5, 0.6) is 0 Å². The van der Waals surface area contributed by atoms with Crippen LogP contribution in [-0.2, 0) is 9.57 Å². The highest BCUT2D eigenvalue weighted by Gasteiger charge is 2.46. The Morgan fingerprint density at radius 3 is 2.06 bits per heavy atom. The summed E-state index contributed by atoms with van der Waals surface area (Å²) in [4.78, 5) is 5.57. The molecule has 1 aliphatic rings. The van der Waals surface area contributed by atoms with Gasteiger partial charge in [0.25, 0.3) is 0 Å². The van der Waals surface area contributed by atoms with E-state index in [1.54, 1.807) is 7.11 Å². The SMILES string of the molecule is CCCCOC1CC(C)(C)N(OC)C(C)(C)C1. The molecule has 1 aliphatic heterocycles. The van der Waals surface area contributed by atoms with Crippen LogP contribution in [0.1, 0.15) is 60.3 Å². The lowest BCUT2D eigenvalue weighted by Crippen LogP contribution is -2.61. The van der Waals surface area contributed by atoms with Crippen molar-refractivity contribution in [3.05, 3.63) is 0 Å². The molecule has 1 saturated heterocycles. The van der Waals surface area contributed by atoms with Gasteiger partial charge in [-0.1, -0.05) is 13.3 Å². The van der Waals surface area contributed by atoms with Crippen molar-refractivity contribution in [2.75, 3.05) is 13.7 Å². The third-order valence-electron chi connectivity index (χ3n) is 3.59. The Labute approximate surface area is 106 Å². The summed E-state index contributed by atoms with van der Waals surface area (Å²) in [6.07, 6.45) is 4.79. The molecule has 1 rings (SSSR count). The van der Waals surface area contributed by atoms with Crippen LogP contribution in [0.2, 0.25) is 0 Å². The first kappa shape index (κ1) is 14.9. The quantitative estimate of drug-likeness (QED) is 0.691. The Hall–Kier alpha value is -0.120. The van der Waals surface area contributed by atoms with Gasteiger partial charge in [0.15, 0.2) is 0 Å². The molecule has 0 N–H and O–H groups in total. The van der Waals surface area contributed by atoms with E-state index in [0.717, 1.165) is 25.9 Å². The summed E-state index contributed by atoms with van der Waals surface area (Å²) >= 11 is 0. The van der Waals surface area contributed by atoms with Crippen LogP contribution < -0.4 is 0 Å². The molecule has 3 heteroatoms. The first-order valence-corrected chi connectivity index (χ1v) is 6.79. The van der Waals surface area contributed by atoms with Crippen LogP contribution >= 0.6 is 0 Å². The van der Waals surface area contributed by atoms with Crippen molar-refractivity contribution in [3.63, 3.8) is 0 Å². The maximum Gasteiger partial charge on any atom is 0.0611 e. The highest BCUT2D eigenvalue weighted by atomic mass is 16.7. The number of hydrogen-bond acceptors (Lipinski definition) is 3. The van der Waals surface area contributed by atoms with Gasteiger partial charge in [-0.3, -0.25) is 0 Å². The maximum atomic E-state index is 6.01. The lowest BCUT2D eigenvalue weighted by Gasteiger charge is -2.53. The summed E-state index contributed by atoms with van der Waals surface area (Å²) in [5.74, 6) is 0. The molecule has 0 spiro atoms. The van der Waals surface area contributed by atoms with Gasteiger partial charge in [0.05, 0.1) is 13.2 Å². The fourth-order valence-corrected chi connectivity index (χ4v) is 3.18. The van der Waals surface area contributed by atoms with Crippen molar-refractivity contribution < 1.29 is 9.57 Å². The van der Waals surface area contributed by atoms with E-state index in [1.165, 1.54) is 6.42 Å². The fraction of sp³-hybridized carbons (Fsp3) is 1.00. The van der Waals surface area contributed by atoms with Gasteiger partial charge in [-0.25, -0.2) is 0 Å². The van der Waals surface area contributed by atoms with Gasteiger partial charge < -0.3 is 9.57 Å². The predicted molar refractivity (Wildman–Crippen MR) is 70.9 cm³/mol. The number of unbranched alkanes of at least 4 members (excludes halogenated alkanes) is 1. The van der Waals surface area contributed by atoms with Gasteiger partial charge in [-0.05, 0) is 47.0 Å². The standard InChI is InChI=1S/C14H29NO2/c1-7-8-9-17-12-10-13(2,3)15(16-6)14(4,5)11-12/h12H,7-11H2,1-6H3. The second kappa shape index (κ2) is 5.68. The van der Waals surface area contributed by atoms with Crippen molar-refractivity contribution in [2.45, 2.75) is 77.5 Å². The summed E-state index contributed by atoms with van der Waals surface area (Å²) in [6.45, 7) is 12.0. The molecule has 0 aromatic carbocycles. The fourth-order valence-electron chi connectivity index (χ4n) is 3.18. The second-order valence-corrected chi connectivity index (χ2v) is 6.36. The van der Waals surface area contributed by atoms with Crippen LogP contribution in [0.4, 0.5) is 0 Å². The zero-order valence-electron chi connectivity index (χ0n) is 12.4. The van der Waals surface area contributed by atoms with Gasteiger partial charge in [-0.2, -0.15) is 5.06 Å². The minimum atomic E-state index is 0.0351. The molecule has 0 aliphatic carbocycles. The second-order valence-electron chi connectivity index (χ2n) is 6.36. The van der Waals surface area contributed by atoms with Crippen LogP contribution in [0.3, 0.4) is 0 Å². The molecule has 17 heavy (non-hydrogen) atoms. The van der Waals surface area contributed by atoms with Crippen molar-refractivity contribution in [1.82, 2.24) is 5.06 Å². The number of piperidine rings is 1. The zero-order valence-corrected chi connectivity index (χ0v) is 12.4. The Balaban J connectivity index is 2.63. The number of rotatable bonds is 5.